The summed E-state index contributed by atoms with van der Waals surface area (Å²) in [5, 5.41) is 7.16. The summed E-state index contributed by atoms with van der Waals surface area (Å²) in [7, 11) is -3.53. The maximum atomic E-state index is 12.5. The molecule has 0 spiro atoms. The van der Waals surface area contributed by atoms with E-state index < -0.39 is 10.0 Å². The molecule has 2 aliphatic rings. The van der Waals surface area contributed by atoms with Gasteiger partial charge in [-0.25, -0.2) is 13.1 Å². The smallest absolute Gasteiger partial charge is 0.256 e. The number of nitrogens with one attached hydrogen (secondary N) is 1. The van der Waals surface area contributed by atoms with Crippen LogP contribution in [0.4, 0.5) is 0 Å². The van der Waals surface area contributed by atoms with Crippen molar-refractivity contribution in [3.63, 3.8) is 0 Å². The van der Waals surface area contributed by atoms with E-state index in [1.807, 2.05) is 36.5 Å². The number of para-hydroxylation sites is 1. The van der Waals surface area contributed by atoms with Gasteiger partial charge in [0.05, 0.1) is 23.2 Å². The van der Waals surface area contributed by atoms with Crippen LogP contribution in [0.5, 0.6) is 0 Å². The van der Waals surface area contributed by atoms with Gasteiger partial charge in [-0.05, 0) is 36.3 Å². The fraction of sp³-hybridized carbons (Fsp3) is 0.211. The third kappa shape index (κ3) is 3.89. The normalized spacial score (nSPS) is 17.5. The number of sulfonamides is 1. The van der Waals surface area contributed by atoms with Gasteiger partial charge < -0.3 is 10.2 Å². The van der Waals surface area contributed by atoms with Crippen molar-refractivity contribution in [3.8, 4) is 5.69 Å². The molecule has 1 amide bonds. The topological polar surface area (TPSA) is 96.7 Å². The first kappa shape index (κ1) is 18.2. The number of rotatable bonds is 5. The van der Waals surface area contributed by atoms with Crippen LogP contribution in [-0.4, -0.2) is 53.7 Å². The summed E-state index contributed by atoms with van der Waals surface area (Å²) >= 11 is 0. The van der Waals surface area contributed by atoms with E-state index in [1.165, 1.54) is 0 Å². The predicted octanol–water partition coefficient (Wildman–Crippen LogP) is 1.03. The van der Waals surface area contributed by atoms with Crippen molar-refractivity contribution < 1.29 is 13.2 Å². The van der Waals surface area contributed by atoms with Crippen LogP contribution in [0.25, 0.3) is 5.69 Å². The second-order valence-corrected chi connectivity index (χ2v) is 8.21. The minimum atomic E-state index is -3.53. The minimum absolute atomic E-state index is 0.0544. The standard InChI is InChI=1S/C19H19N5O3S/c25-19(17-7-4-10-23-11-12-28(26,27)22-18(17)23)20-9-8-15-13-21-24(14-15)16-5-2-1-3-6-16/h1-7,10,13-14H,8-9,11-12H2,(H,20,25). The van der Waals surface area contributed by atoms with Crippen molar-refractivity contribution in [1.82, 2.24) is 20.0 Å². The van der Waals surface area contributed by atoms with Crippen molar-refractivity contribution in [2.45, 2.75) is 6.42 Å². The summed E-state index contributed by atoms with van der Waals surface area (Å²) < 4.78 is 29.1. The fourth-order valence-electron chi connectivity index (χ4n) is 3.02. The molecule has 2 aromatic rings. The van der Waals surface area contributed by atoms with Crippen LogP contribution >= 0.6 is 0 Å². The molecule has 8 nitrogen and oxygen atoms in total. The highest BCUT2D eigenvalue weighted by atomic mass is 32.2. The van der Waals surface area contributed by atoms with E-state index in [9.17, 15) is 13.2 Å². The number of amidine groups is 1. The number of aromatic nitrogens is 2. The predicted molar refractivity (Wildman–Crippen MR) is 105 cm³/mol. The molecule has 9 heteroatoms. The second-order valence-electron chi connectivity index (χ2n) is 6.45. The van der Waals surface area contributed by atoms with Crippen LogP contribution in [0.2, 0.25) is 0 Å². The molecule has 144 valence electrons. The lowest BCUT2D eigenvalue weighted by molar-refractivity contribution is -0.117. The molecule has 0 atom stereocenters. The quantitative estimate of drug-likeness (QED) is 0.813. The molecule has 28 heavy (non-hydrogen) atoms. The first-order valence-corrected chi connectivity index (χ1v) is 10.5. The Balaban J connectivity index is 1.39. The van der Waals surface area contributed by atoms with Gasteiger partial charge in [0, 0.05) is 25.5 Å². The summed E-state index contributed by atoms with van der Waals surface area (Å²) in [5.74, 6) is -0.218. The van der Waals surface area contributed by atoms with E-state index in [0.29, 0.717) is 19.5 Å². The Hall–Kier alpha value is -3.20. The number of carbonyl (C=O) groups excluding carboxylic acids is 1. The third-order valence-corrected chi connectivity index (χ3v) is 5.61. The molecule has 1 N–H and O–H groups in total. The molecule has 0 unspecified atom stereocenters. The monoisotopic (exact) mass is 397 g/mol. The lowest BCUT2D eigenvalue weighted by atomic mass is 10.1. The highest BCUT2D eigenvalue weighted by Gasteiger charge is 2.29. The van der Waals surface area contributed by atoms with Crippen molar-refractivity contribution in [3.05, 3.63) is 72.2 Å². The van der Waals surface area contributed by atoms with E-state index in [2.05, 4.69) is 14.8 Å². The second kappa shape index (κ2) is 7.43. The van der Waals surface area contributed by atoms with Crippen molar-refractivity contribution in [2.24, 2.45) is 4.40 Å². The number of allylic oxidation sites excluding steroid dienone is 2. The molecular formula is C19H19N5O3S. The van der Waals surface area contributed by atoms with Crippen molar-refractivity contribution in [2.75, 3.05) is 18.8 Å². The van der Waals surface area contributed by atoms with Crippen LogP contribution in [-0.2, 0) is 21.2 Å². The molecule has 1 aromatic carbocycles. The minimum Gasteiger partial charge on any atom is -0.352 e. The fourth-order valence-corrected chi connectivity index (χ4v) is 4.01. The van der Waals surface area contributed by atoms with Gasteiger partial charge >= 0.3 is 0 Å². The molecule has 1 aromatic heterocycles. The average Bonchev–Trinajstić information content (AvgIpc) is 3.16. The summed E-state index contributed by atoms with van der Waals surface area (Å²) in [6.45, 7) is 0.696. The molecule has 3 heterocycles. The van der Waals surface area contributed by atoms with Gasteiger partial charge in [-0.1, -0.05) is 18.2 Å². The Kier molecular flexibility index (Phi) is 4.82. The number of hydrogen-bond acceptors (Lipinski definition) is 5. The molecule has 4 rings (SSSR count). The van der Waals surface area contributed by atoms with Crippen LogP contribution in [0.1, 0.15) is 5.56 Å². The molecule has 0 bridgehead atoms. The van der Waals surface area contributed by atoms with Crippen LogP contribution in [0.15, 0.2) is 71.0 Å². The van der Waals surface area contributed by atoms with Gasteiger partial charge in [-0.15, -0.1) is 4.40 Å². The van der Waals surface area contributed by atoms with E-state index in [0.717, 1.165) is 11.3 Å². The zero-order valence-corrected chi connectivity index (χ0v) is 15.8. The van der Waals surface area contributed by atoms with Crippen molar-refractivity contribution >= 4 is 21.8 Å². The van der Waals surface area contributed by atoms with E-state index in [-0.39, 0.29) is 23.1 Å². The van der Waals surface area contributed by atoms with Crippen molar-refractivity contribution in [1.29, 1.82) is 0 Å². The molecule has 0 saturated carbocycles. The first-order valence-electron chi connectivity index (χ1n) is 8.87. The Morgan fingerprint density at radius 1 is 1.21 bits per heavy atom. The highest BCUT2D eigenvalue weighted by molar-refractivity contribution is 7.90. The molecule has 0 radical (unpaired) electrons. The first-order chi connectivity index (χ1) is 13.5. The maximum Gasteiger partial charge on any atom is 0.256 e. The molecule has 0 saturated heterocycles. The Labute approximate surface area is 162 Å². The zero-order valence-electron chi connectivity index (χ0n) is 15.0. The maximum absolute atomic E-state index is 12.5. The SMILES string of the molecule is O=C(NCCc1cnn(-c2ccccc2)c1)C1=CC=CN2CCS(=O)(=O)N=C12. The van der Waals surface area contributed by atoms with Crippen LogP contribution in [0, 0.1) is 0 Å². The lowest BCUT2D eigenvalue weighted by Crippen LogP contribution is -2.42. The number of nitrogens with zero attached hydrogens (tertiary/aromatic N) is 4. The summed E-state index contributed by atoms with van der Waals surface area (Å²) in [4.78, 5) is 14.2. The van der Waals surface area contributed by atoms with Gasteiger partial charge in [0.15, 0.2) is 5.84 Å². The van der Waals surface area contributed by atoms with Gasteiger partial charge in [-0.3, -0.25) is 4.79 Å². The number of amides is 1. The van der Waals surface area contributed by atoms with Gasteiger partial charge in [-0.2, -0.15) is 5.10 Å². The molecular weight excluding hydrogens is 378 g/mol. The summed E-state index contributed by atoms with van der Waals surface area (Å²) in [5.41, 5.74) is 2.21. The number of hydrogen-bond donors (Lipinski definition) is 1. The summed E-state index contributed by atoms with van der Waals surface area (Å²) in [6, 6.07) is 9.77. The summed E-state index contributed by atoms with van der Waals surface area (Å²) in [6.07, 6.45) is 9.32. The Morgan fingerprint density at radius 3 is 2.86 bits per heavy atom. The number of carbonyl (C=O) groups is 1. The number of fused-ring (bicyclic) bond motifs is 1. The van der Waals surface area contributed by atoms with Crippen LogP contribution < -0.4 is 5.32 Å². The van der Waals surface area contributed by atoms with Gasteiger partial charge in [0.1, 0.15) is 0 Å². The largest absolute Gasteiger partial charge is 0.352 e. The van der Waals surface area contributed by atoms with E-state index >= 15 is 0 Å². The average molecular weight is 397 g/mol. The van der Waals surface area contributed by atoms with E-state index in [4.69, 9.17) is 0 Å². The molecule has 0 aliphatic carbocycles. The molecule has 2 aliphatic heterocycles. The number of benzene rings is 1. The lowest BCUT2D eigenvalue weighted by Gasteiger charge is -2.28. The molecule has 0 fully saturated rings. The van der Waals surface area contributed by atoms with E-state index in [1.54, 1.807) is 34.1 Å². The van der Waals surface area contributed by atoms with Gasteiger partial charge in [0.2, 0.25) is 0 Å². The Bertz CT molecular complexity index is 1080. The van der Waals surface area contributed by atoms with Gasteiger partial charge in [0.25, 0.3) is 15.9 Å². The third-order valence-electron chi connectivity index (χ3n) is 4.46. The van der Waals surface area contributed by atoms with Crippen LogP contribution in [0.3, 0.4) is 0 Å². The highest BCUT2D eigenvalue weighted by Crippen LogP contribution is 2.17. The Morgan fingerprint density at radius 2 is 2.04 bits per heavy atom. The zero-order chi connectivity index (χ0) is 19.6.